The molecular weight excluding hydrogens is 418 g/mol. The van der Waals surface area contributed by atoms with E-state index >= 15 is 0 Å². The van der Waals surface area contributed by atoms with Crippen LogP contribution >= 0.6 is 0 Å². The number of ketones is 1. The molecule has 0 spiro atoms. The lowest BCUT2D eigenvalue weighted by atomic mass is 9.94. The van der Waals surface area contributed by atoms with Crippen LogP contribution in [0.3, 0.4) is 0 Å². The second-order valence-corrected chi connectivity index (χ2v) is 9.93. The van der Waals surface area contributed by atoms with Crippen LogP contribution in [-0.2, 0) is 14.8 Å². The molecule has 166 valence electrons. The highest BCUT2D eigenvalue weighted by Crippen LogP contribution is 2.27. The second kappa shape index (κ2) is 9.62. The SMILES string of the molecule is COc1ccccc1C(=O)COC(=O)c1ccc(S(=O)(=O)N2CC(C)CC(C)C2)cc1. The molecule has 0 saturated carbocycles. The summed E-state index contributed by atoms with van der Waals surface area (Å²) in [5.74, 6) is -0.0905. The van der Waals surface area contributed by atoms with E-state index in [0.717, 1.165) is 6.42 Å². The van der Waals surface area contributed by atoms with E-state index in [4.69, 9.17) is 9.47 Å². The molecule has 7 nitrogen and oxygen atoms in total. The van der Waals surface area contributed by atoms with Gasteiger partial charge in [0.2, 0.25) is 15.8 Å². The van der Waals surface area contributed by atoms with Crippen molar-refractivity contribution in [3.05, 3.63) is 59.7 Å². The van der Waals surface area contributed by atoms with E-state index < -0.39 is 28.4 Å². The van der Waals surface area contributed by atoms with Gasteiger partial charge in [0.25, 0.3) is 0 Å². The van der Waals surface area contributed by atoms with Gasteiger partial charge in [-0.2, -0.15) is 4.31 Å². The molecule has 31 heavy (non-hydrogen) atoms. The second-order valence-electron chi connectivity index (χ2n) is 7.99. The van der Waals surface area contributed by atoms with Crippen LogP contribution in [0.15, 0.2) is 53.4 Å². The minimum atomic E-state index is -3.63. The predicted octanol–water partition coefficient (Wildman–Crippen LogP) is 3.40. The summed E-state index contributed by atoms with van der Waals surface area (Å²) in [6, 6.07) is 12.3. The van der Waals surface area contributed by atoms with Gasteiger partial charge < -0.3 is 9.47 Å². The molecule has 8 heteroatoms. The number of sulfonamides is 1. The van der Waals surface area contributed by atoms with Crippen molar-refractivity contribution in [1.29, 1.82) is 0 Å². The summed E-state index contributed by atoms with van der Waals surface area (Å²) in [5, 5.41) is 0. The summed E-state index contributed by atoms with van der Waals surface area (Å²) in [4.78, 5) is 24.8. The standard InChI is InChI=1S/C23H27NO6S/c1-16-12-17(2)14-24(13-16)31(27,28)19-10-8-18(9-11-19)23(26)30-15-21(25)20-6-4-5-7-22(20)29-3/h4-11,16-17H,12-15H2,1-3H3. The van der Waals surface area contributed by atoms with Gasteiger partial charge in [-0.1, -0.05) is 26.0 Å². The number of carbonyl (C=O) groups is 2. The number of carbonyl (C=O) groups excluding carboxylic acids is 2. The number of methoxy groups -OCH3 is 1. The van der Waals surface area contributed by atoms with Crippen molar-refractivity contribution in [3.8, 4) is 5.75 Å². The number of rotatable bonds is 7. The van der Waals surface area contributed by atoms with Crippen molar-refractivity contribution in [2.75, 3.05) is 26.8 Å². The molecule has 2 unspecified atom stereocenters. The van der Waals surface area contributed by atoms with Crippen molar-refractivity contribution in [2.24, 2.45) is 11.8 Å². The molecule has 0 N–H and O–H groups in total. The Kier molecular flexibility index (Phi) is 7.12. The van der Waals surface area contributed by atoms with E-state index in [1.54, 1.807) is 24.3 Å². The number of hydrogen-bond acceptors (Lipinski definition) is 6. The lowest BCUT2D eigenvalue weighted by molar-refractivity contribution is 0.0474. The fourth-order valence-corrected chi connectivity index (χ4v) is 5.56. The van der Waals surface area contributed by atoms with Crippen molar-refractivity contribution in [1.82, 2.24) is 4.31 Å². The molecule has 2 atom stereocenters. The maximum absolute atomic E-state index is 12.9. The van der Waals surface area contributed by atoms with Crippen LogP contribution in [0.1, 0.15) is 41.0 Å². The summed E-state index contributed by atoms with van der Waals surface area (Å²) in [6.45, 7) is 4.62. The van der Waals surface area contributed by atoms with Crippen LogP contribution in [0.25, 0.3) is 0 Å². The highest BCUT2D eigenvalue weighted by molar-refractivity contribution is 7.89. The van der Waals surface area contributed by atoms with Crippen molar-refractivity contribution in [3.63, 3.8) is 0 Å². The van der Waals surface area contributed by atoms with Gasteiger partial charge in [0, 0.05) is 13.1 Å². The van der Waals surface area contributed by atoms with E-state index in [-0.39, 0.29) is 10.5 Å². The number of esters is 1. The van der Waals surface area contributed by atoms with Gasteiger partial charge in [0.15, 0.2) is 6.61 Å². The first-order valence-corrected chi connectivity index (χ1v) is 11.6. The number of para-hydroxylation sites is 1. The molecule has 1 aliphatic rings. The van der Waals surface area contributed by atoms with Gasteiger partial charge in [-0.25, -0.2) is 13.2 Å². The summed E-state index contributed by atoms with van der Waals surface area (Å²) in [6.07, 6.45) is 1.00. The zero-order valence-electron chi connectivity index (χ0n) is 17.9. The molecule has 1 aliphatic heterocycles. The molecule has 1 saturated heterocycles. The number of nitrogens with zero attached hydrogens (tertiary/aromatic N) is 1. The molecule has 2 aromatic carbocycles. The van der Waals surface area contributed by atoms with Crippen LogP contribution in [0.4, 0.5) is 0 Å². The fourth-order valence-electron chi connectivity index (χ4n) is 3.88. The highest BCUT2D eigenvalue weighted by atomic mass is 32.2. The molecule has 0 aromatic heterocycles. The Bertz CT molecular complexity index is 1040. The molecule has 1 heterocycles. The number of Topliss-reactive ketones (excluding diaryl/α,β-unsaturated/α-hetero) is 1. The van der Waals surface area contributed by atoms with Crippen LogP contribution in [-0.4, -0.2) is 51.3 Å². The van der Waals surface area contributed by atoms with Gasteiger partial charge in [-0.3, -0.25) is 4.79 Å². The molecule has 0 radical (unpaired) electrons. The maximum atomic E-state index is 12.9. The van der Waals surface area contributed by atoms with E-state index in [0.29, 0.717) is 36.2 Å². The number of ether oxygens (including phenoxy) is 2. The van der Waals surface area contributed by atoms with Crippen molar-refractivity contribution in [2.45, 2.75) is 25.2 Å². The fraction of sp³-hybridized carbons (Fsp3) is 0.391. The third-order valence-corrected chi connectivity index (χ3v) is 7.15. The van der Waals surface area contributed by atoms with Gasteiger partial charge >= 0.3 is 5.97 Å². The first kappa shape index (κ1) is 23.0. The third kappa shape index (κ3) is 5.32. The Morgan fingerprint density at radius 2 is 1.61 bits per heavy atom. The first-order chi connectivity index (χ1) is 14.7. The monoisotopic (exact) mass is 445 g/mol. The summed E-state index contributed by atoms with van der Waals surface area (Å²) < 4.78 is 37.6. The molecular formula is C23H27NO6S. The Morgan fingerprint density at radius 1 is 1.00 bits per heavy atom. The number of piperidine rings is 1. The van der Waals surface area contributed by atoms with E-state index in [1.165, 1.54) is 35.7 Å². The van der Waals surface area contributed by atoms with Gasteiger partial charge in [0.05, 0.1) is 23.1 Å². The average molecular weight is 446 g/mol. The summed E-state index contributed by atoms with van der Waals surface area (Å²) >= 11 is 0. The Balaban J connectivity index is 1.65. The first-order valence-electron chi connectivity index (χ1n) is 10.2. The Morgan fingerprint density at radius 3 is 2.23 bits per heavy atom. The molecule has 3 rings (SSSR count). The zero-order valence-corrected chi connectivity index (χ0v) is 18.7. The van der Waals surface area contributed by atoms with Gasteiger partial charge in [0.1, 0.15) is 5.75 Å². The van der Waals surface area contributed by atoms with Crippen LogP contribution < -0.4 is 4.74 Å². The maximum Gasteiger partial charge on any atom is 0.338 e. The predicted molar refractivity (Wildman–Crippen MR) is 116 cm³/mol. The van der Waals surface area contributed by atoms with Crippen LogP contribution in [0.2, 0.25) is 0 Å². The average Bonchev–Trinajstić information content (AvgIpc) is 2.76. The molecule has 0 aliphatic carbocycles. The minimum Gasteiger partial charge on any atom is -0.496 e. The molecule has 0 amide bonds. The van der Waals surface area contributed by atoms with Crippen molar-refractivity contribution < 1.29 is 27.5 Å². The minimum absolute atomic E-state index is 0.135. The largest absolute Gasteiger partial charge is 0.496 e. The zero-order chi connectivity index (χ0) is 22.6. The molecule has 1 fully saturated rings. The number of benzene rings is 2. The Labute approximate surface area is 183 Å². The lowest BCUT2D eigenvalue weighted by Crippen LogP contribution is -2.42. The van der Waals surface area contributed by atoms with Crippen LogP contribution in [0, 0.1) is 11.8 Å². The van der Waals surface area contributed by atoms with Gasteiger partial charge in [-0.05, 0) is 54.7 Å². The summed E-state index contributed by atoms with van der Waals surface area (Å²) in [7, 11) is -2.17. The number of hydrogen-bond donors (Lipinski definition) is 0. The van der Waals surface area contributed by atoms with E-state index in [9.17, 15) is 18.0 Å². The molecule has 2 aromatic rings. The van der Waals surface area contributed by atoms with E-state index in [2.05, 4.69) is 0 Å². The Hall–Kier alpha value is -2.71. The van der Waals surface area contributed by atoms with Gasteiger partial charge in [-0.15, -0.1) is 0 Å². The highest BCUT2D eigenvalue weighted by Gasteiger charge is 2.31. The van der Waals surface area contributed by atoms with E-state index in [1.807, 2.05) is 13.8 Å². The summed E-state index contributed by atoms with van der Waals surface area (Å²) in [5.41, 5.74) is 0.497. The normalized spacial score (nSPS) is 19.6. The topological polar surface area (TPSA) is 90.0 Å². The quantitative estimate of drug-likeness (QED) is 0.479. The smallest absolute Gasteiger partial charge is 0.338 e. The van der Waals surface area contributed by atoms with Crippen LogP contribution in [0.5, 0.6) is 5.75 Å². The van der Waals surface area contributed by atoms with Crippen molar-refractivity contribution >= 4 is 21.8 Å². The lowest BCUT2D eigenvalue weighted by Gasteiger charge is -2.34. The molecule has 0 bridgehead atoms. The third-order valence-electron chi connectivity index (χ3n) is 5.30.